The van der Waals surface area contributed by atoms with Gasteiger partial charge in [0.05, 0.1) is 28.5 Å². The number of hydrogen-bond acceptors (Lipinski definition) is 7. The third kappa shape index (κ3) is 6.50. The topological polar surface area (TPSA) is 101 Å². The van der Waals surface area contributed by atoms with Crippen molar-refractivity contribution in [3.63, 3.8) is 0 Å². The van der Waals surface area contributed by atoms with E-state index < -0.39 is 15.9 Å². The zero-order valence-corrected chi connectivity index (χ0v) is 24.6. The minimum Gasteiger partial charge on any atom is -0.375 e. The number of carbonyl (C=O) groups is 1. The lowest BCUT2D eigenvalue weighted by molar-refractivity contribution is -0.125. The fraction of sp³-hybridized carbons (Fsp3) is 0.387. The molecule has 2 aliphatic heterocycles. The van der Waals surface area contributed by atoms with Gasteiger partial charge in [-0.05, 0) is 92.6 Å². The fourth-order valence-electron chi connectivity index (χ4n) is 5.91. The van der Waals surface area contributed by atoms with Crippen molar-refractivity contribution in [2.75, 3.05) is 18.0 Å². The number of aromatic nitrogens is 1. The molecule has 2 aromatic carbocycles. The van der Waals surface area contributed by atoms with Gasteiger partial charge in [-0.3, -0.25) is 9.79 Å². The number of rotatable bonds is 7. The third-order valence-corrected chi connectivity index (χ3v) is 9.91. The van der Waals surface area contributed by atoms with Gasteiger partial charge in [0, 0.05) is 42.2 Å². The molecule has 220 valence electrons. The zero-order valence-electron chi connectivity index (χ0n) is 23.0. The van der Waals surface area contributed by atoms with Crippen molar-refractivity contribution in [2.45, 2.75) is 62.0 Å². The Balaban J connectivity index is 0.944. The summed E-state index contributed by atoms with van der Waals surface area (Å²) in [6, 6.07) is 14.5. The first-order valence-electron chi connectivity index (χ1n) is 14.3. The molecule has 0 radical (unpaired) electrons. The summed E-state index contributed by atoms with van der Waals surface area (Å²) in [5.74, 6) is -0.181. The van der Waals surface area contributed by atoms with Crippen LogP contribution in [0.1, 0.15) is 49.7 Å². The van der Waals surface area contributed by atoms with Gasteiger partial charge >= 0.3 is 0 Å². The van der Waals surface area contributed by atoms with Crippen LogP contribution < -0.4 is 9.62 Å². The maximum absolute atomic E-state index is 13.5. The number of sulfonamides is 1. The predicted molar refractivity (Wildman–Crippen MR) is 159 cm³/mol. The number of amides is 1. The van der Waals surface area contributed by atoms with E-state index >= 15 is 0 Å². The van der Waals surface area contributed by atoms with E-state index in [-0.39, 0.29) is 28.8 Å². The SMILES string of the molecule is O=C(NS(=O)(=O)c1ccc(Cl)cc1)C1CCC(OC2CCN(c3ccc(C4=Nc5cc(F)ccc5C4)cn3)CC2)CC1. The Morgan fingerprint density at radius 1 is 0.952 bits per heavy atom. The van der Waals surface area contributed by atoms with E-state index in [9.17, 15) is 17.6 Å². The molecule has 1 amide bonds. The molecule has 1 saturated heterocycles. The molecule has 1 N–H and O–H groups in total. The second-order valence-electron chi connectivity index (χ2n) is 11.1. The number of halogens is 2. The van der Waals surface area contributed by atoms with Crippen molar-refractivity contribution in [3.8, 4) is 0 Å². The molecule has 0 bridgehead atoms. The molecular weight excluding hydrogens is 579 g/mol. The second kappa shape index (κ2) is 12.1. The number of carbonyl (C=O) groups excluding carboxylic acids is 1. The summed E-state index contributed by atoms with van der Waals surface area (Å²) in [6.45, 7) is 1.67. The van der Waals surface area contributed by atoms with E-state index in [0.717, 1.165) is 61.4 Å². The van der Waals surface area contributed by atoms with Crippen LogP contribution in [0.5, 0.6) is 0 Å². The number of pyridine rings is 1. The molecule has 3 heterocycles. The van der Waals surface area contributed by atoms with Crippen molar-refractivity contribution in [1.29, 1.82) is 0 Å². The number of nitrogens with zero attached hydrogens (tertiary/aromatic N) is 3. The van der Waals surface area contributed by atoms with E-state index in [2.05, 4.69) is 19.6 Å². The van der Waals surface area contributed by atoms with Gasteiger partial charge < -0.3 is 9.64 Å². The quantitative estimate of drug-likeness (QED) is 0.374. The first-order chi connectivity index (χ1) is 20.2. The summed E-state index contributed by atoms with van der Waals surface area (Å²) < 4.78 is 47.3. The molecule has 0 unspecified atom stereocenters. The number of nitrogens with one attached hydrogen (secondary N) is 1. The van der Waals surface area contributed by atoms with Crippen LogP contribution >= 0.6 is 11.6 Å². The normalized spacial score (nSPS) is 21.1. The molecule has 1 saturated carbocycles. The van der Waals surface area contributed by atoms with Crippen LogP contribution in [0.3, 0.4) is 0 Å². The van der Waals surface area contributed by atoms with Gasteiger partial charge in [0.15, 0.2) is 0 Å². The number of hydrogen-bond donors (Lipinski definition) is 1. The number of anilines is 1. The molecule has 6 rings (SSSR count). The Labute approximate surface area is 250 Å². The summed E-state index contributed by atoms with van der Waals surface area (Å²) in [5.41, 5.74) is 3.56. The van der Waals surface area contributed by atoms with E-state index in [1.165, 1.54) is 36.4 Å². The lowest BCUT2D eigenvalue weighted by Crippen LogP contribution is -2.41. The van der Waals surface area contributed by atoms with Gasteiger partial charge in [0.2, 0.25) is 5.91 Å². The first kappa shape index (κ1) is 28.8. The molecule has 1 aliphatic carbocycles. The highest BCUT2D eigenvalue weighted by Gasteiger charge is 2.31. The number of benzene rings is 2. The van der Waals surface area contributed by atoms with Crippen LogP contribution in [0.2, 0.25) is 5.02 Å². The molecule has 3 aromatic rings. The predicted octanol–water partition coefficient (Wildman–Crippen LogP) is 5.60. The van der Waals surface area contributed by atoms with E-state index in [1.807, 2.05) is 18.3 Å². The molecule has 42 heavy (non-hydrogen) atoms. The van der Waals surface area contributed by atoms with Crippen LogP contribution in [-0.2, 0) is 26.0 Å². The Morgan fingerprint density at radius 2 is 1.67 bits per heavy atom. The molecule has 11 heteroatoms. The van der Waals surface area contributed by atoms with Gasteiger partial charge in [-0.2, -0.15) is 0 Å². The highest BCUT2D eigenvalue weighted by Crippen LogP contribution is 2.31. The summed E-state index contributed by atoms with van der Waals surface area (Å²) >= 11 is 5.84. The molecule has 0 spiro atoms. The number of ether oxygens (including phenoxy) is 1. The van der Waals surface area contributed by atoms with Gasteiger partial charge in [-0.15, -0.1) is 0 Å². The lowest BCUT2D eigenvalue weighted by atomic mass is 9.87. The van der Waals surface area contributed by atoms with Crippen LogP contribution in [0.15, 0.2) is 70.7 Å². The van der Waals surface area contributed by atoms with E-state index in [0.29, 0.717) is 30.0 Å². The summed E-state index contributed by atoms with van der Waals surface area (Å²) in [4.78, 5) is 24.2. The van der Waals surface area contributed by atoms with Crippen LogP contribution in [0.25, 0.3) is 0 Å². The summed E-state index contributed by atoms with van der Waals surface area (Å²) in [5, 5.41) is 0.428. The minimum atomic E-state index is -3.93. The maximum Gasteiger partial charge on any atom is 0.264 e. The molecule has 0 atom stereocenters. The van der Waals surface area contributed by atoms with E-state index in [4.69, 9.17) is 16.3 Å². The summed E-state index contributed by atoms with van der Waals surface area (Å²) in [7, 11) is -3.93. The Hall–Kier alpha value is -3.34. The minimum absolute atomic E-state index is 0.0155. The van der Waals surface area contributed by atoms with Crippen molar-refractivity contribution in [2.24, 2.45) is 10.9 Å². The molecule has 8 nitrogen and oxygen atoms in total. The van der Waals surface area contributed by atoms with Crippen molar-refractivity contribution in [3.05, 3.63) is 82.8 Å². The first-order valence-corrected chi connectivity index (χ1v) is 16.1. The van der Waals surface area contributed by atoms with E-state index in [1.54, 1.807) is 6.07 Å². The second-order valence-corrected chi connectivity index (χ2v) is 13.3. The molecule has 2 fully saturated rings. The maximum atomic E-state index is 13.5. The number of aliphatic imine (C=N–C) groups is 1. The number of piperidine rings is 1. The van der Waals surface area contributed by atoms with Crippen LogP contribution in [-0.4, -0.2) is 50.3 Å². The van der Waals surface area contributed by atoms with Crippen LogP contribution in [0, 0.1) is 11.7 Å². The zero-order chi connectivity index (χ0) is 29.3. The molecular formula is C31H32ClFN4O4S. The van der Waals surface area contributed by atoms with Gasteiger partial charge in [0.25, 0.3) is 10.0 Å². The van der Waals surface area contributed by atoms with Crippen molar-refractivity contribution >= 4 is 44.7 Å². The van der Waals surface area contributed by atoms with Gasteiger partial charge in [-0.1, -0.05) is 17.7 Å². The smallest absolute Gasteiger partial charge is 0.264 e. The molecule has 3 aliphatic rings. The highest BCUT2D eigenvalue weighted by molar-refractivity contribution is 7.90. The number of fused-ring (bicyclic) bond motifs is 1. The van der Waals surface area contributed by atoms with Gasteiger partial charge in [0.1, 0.15) is 11.6 Å². The summed E-state index contributed by atoms with van der Waals surface area (Å²) in [6.07, 6.45) is 7.13. The Morgan fingerprint density at radius 3 is 2.36 bits per heavy atom. The standard InChI is InChI=1S/C31H32ClFN4O4S/c32-23-5-10-27(11-6-23)42(39,40)36-31(38)20-2-8-25(9-3-20)41-26-13-15-37(16-14-26)30-12-4-22(19-34-30)28-17-21-1-7-24(33)18-29(21)35-28/h1,4-7,10-12,18-20,25-26H,2-3,8-9,13-17H2,(H,36,38). The average molecular weight is 611 g/mol. The van der Waals surface area contributed by atoms with Gasteiger partial charge in [-0.25, -0.2) is 22.5 Å². The lowest BCUT2D eigenvalue weighted by Gasteiger charge is -2.36. The third-order valence-electron chi connectivity index (χ3n) is 8.30. The highest BCUT2D eigenvalue weighted by atomic mass is 35.5. The largest absolute Gasteiger partial charge is 0.375 e. The van der Waals surface area contributed by atoms with Crippen molar-refractivity contribution < 1.29 is 22.3 Å². The molecule has 1 aromatic heterocycles. The fourth-order valence-corrected chi connectivity index (χ4v) is 7.08. The Kier molecular flexibility index (Phi) is 8.29. The monoisotopic (exact) mass is 610 g/mol. The average Bonchev–Trinajstić information content (AvgIpc) is 3.41. The Bertz CT molecular complexity index is 1580. The van der Waals surface area contributed by atoms with Crippen LogP contribution in [0.4, 0.5) is 15.9 Å². The van der Waals surface area contributed by atoms with Crippen molar-refractivity contribution in [1.82, 2.24) is 9.71 Å².